The van der Waals surface area contributed by atoms with Gasteiger partial charge < -0.3 is 19.7 Å². The monoisotopic (exact) mass is 671 g/mol. The van der Waals surface area contributed by atoms with Crippen molar-refractivity contribution >= 4 is 29.5 Å². The number of carbonyl (C=O) groups is 3. The van der Waals surface area contributed by atoms with E-state index in [1.807, 2.05) is 84.9 Å². The molecular weight excluding hydrogens is 639 g/mol. The summed E-state index contributed by atoms with van der Waals surface area (Å²) in [7, 11) is 0. The smallest absolute Gasteiger partial charge is 0.335 e. The molecule has 2 aliphatic heterocycles. The van der Waals surface area contributed by atoms with Crippen LogP contribution in [0.4, 0.5) is 0 Å². The Hall–Kier alpha value is -5.06. The van der Waals surface area contributed by atoms with Crippen LogP contribution in [0.25, 0.3) is 11.1 Å². The molecule has 7 rings (SSSR count). The summed E-state index contributed by atoms with van der Waals surface area (Å²) in [5.41, 5.74) is 6.46. The number of rotatable bonds is 10. The van der Waals surface area contributed by atoms with Crippen LogP contribution in [-0.4, -0.2) is 44.8 Å². The van der Waals surface area contributed by atoms with Crippen LogP contribution in [0.5, 0.6) is 0 Å². The molecule has 0 unspecified atom stereocenters. The van der Waals surface area contributed by atoms with Crippen molar-refractivity contribution < 1.29 is 34.1 Å². The first-order valence-corrected chi connectivity index (χ1v) is 17.0. The summed E-state index contributed by atoms with van der Waals surface area (Å²) in [6.45, 7) is 0.133. The van der Waals surface area contributed by atoms with E-state index in [0.29, 0.717) is 23.3 Å². The van der Waals surface area contributed by atoms with Crippen molar-refractivity contribution in [2.24, 2.45) is 0 Å². The lowest BCUT2D eigenvalue weighted by Gasteiger charge is -2.36. The standard InChI is InChI=1S/C40H33NO7S/c42-23-25-11-13-27(14-12-25)36-21-32(24-49-33-17-15-28(16-18-33)39(45)46)47-40(48-36)31-8-4-7-30(20-31)29-6-3-5-26(19-29)22-41-37(43)34-9-1-2-10-35(34)38(41)44/h1-20,32,36,40,42H,21-24H2,(H,45,46)/t32-,36+,40+/m1/s1. The molecule has 1 saturated heterocycles. The minimum absolute atomic E-state index is 0.0379. The van der Waals surface area contributed by atoms with Crippen molar-refractivity contribution in [1.82, 2.24) is 4.90 Å². The maximum Gasteiger partial charge on any atom is 0.335 e. The summed E-state index contributed by atoms with van der Waals surface area (Å²) in [5.74, 6) is -0.897. The Bertz CT molecular complexity index is 1980. The van der Waals surface area contributed by atoms with E-state index in [1.165, 1.54) is 4.90 Å². The summed E-state index contributed by atoms with van der Waals surface area (Å²) >= 11 is 1.60. The van der Waals surface area contributed by atoms with E-state index in [2.05, 4.69) is 0 Å². The minimum Gasteiger partial charge on any atom is -0.478 e. The second-order valence-corrected chi connectivity index (χ2v) is 13.2. The number of amides is 2. The Balaban J connectivity index is 1.11. The lowest BCUT2D eigenvalue weighted by molar-refractivity contribution is -0.245. The van der Waals surface area contributed by atoms with E-state index in [0.717, 1.165) is 38.3 Å². The fourth-order valence-electron chi connectivity index (χ4n) is 6.19. The molecule has 5 aromatic rings. The van der Waals surface area contributed by atoms with Gasteiger partial charge in [-0.2, -0.15) is 0 Å². The van der Waals surface area contributed by atoms with Crippen molar-refractivity contribution in [3.05, 3.63) is 160 Å². The SMILES string of the molecule is O=C(O)c1ccc(SC[C@H]2C[C@@H](c3ccc(CO)cc3)O[C@@H](c3cccc(-c4cccc(CN5C(=O)c6ccccc6C5=O)c4)c3)O2)cc1. The first-order valence-electron chi connectivity index (χ1n) is 16.0. The number of carboxylic acids is 1. The number of benzene rings is 5. The quantitative estimate of drug-likeness (QED) is 0.115. The highest BCUT2D eigenvalue weighted by Crippen LogP contribution is 2.40. The Morgan fingerprint density at radius 1 is 0.735 bits per heavy atom. The molecule has 0 aromatic heterocycles. The summed E-state index contributed by atoms with van der Waals surface area (Å²) < 4.78 is 13.1. The van der Waals surface area contributed by atoms with Gasteiger partial charge in [0, 0.05) is 22.6 Å². The van der Waals surface area contributed by atoms with Crippen molar-refractivity contribution in [2.45, 2.75) is 43.0 Å². The molecule has 2 amide bonds. The van der Waals surface area contributed by atoms with Crippen LogP contribution in [0.2, 0.25) is 0 Å². The van der Waals surface area contributed by atoms with Crippen molar-refractivity contribution in [1.29, 1.82) is 0 Å². The normalized spacial score (nSPS) is 18.8. The molecule has 2 aliphatic rings. The van der Waals surface area contributed by atoms with E-state index < -0.39 is 12.3 Å². The van der Waals surface area contributed by atoms with Gasteiger partial charge in [-0.15, -0.1) is 11.8 Å². The molecule has 2 N–H and O–H groups in total. The third-order valence-electron chi connectivity index (χ3n) is 8.79. The average Bonchev–Trinajstić information content (AvgIpc) is 3.39. The number of aliphatic hydroxyl groups excluding tert-OH is 1. The number of hydrogen-bond donors (Lipinski definition) is 2. The maximum absolute atomic E-state index is 13.0. The Morgan fingerprint density at radius 3 is 2.08 bits per heavy atom. The predicted octanol–water partition coefficient (Wildman–Crippen LogP) is 7.68. The van der Waals surface area contributed by atoms with E-state index in [9.17, 15) is 24.6 Å². The molecule has 0 aliphatic carbocycles. The van der Waals surface area contributed by atoms with Gasteiger partial charge in [0.1, 0.15) is 0 Å². The van der Waals surface area contributed by atoms with Crippen LogP contribution >= 0.6 is 11.8 Å². The highest BCUT2D eigenvalue weighted by Gasteiger charge is 2.35. The van der Waals surface area contributed by atoms with Gasteiger partial charge in [-0.3, -0.25) is 14.5 Å². The zero-order valence-corrected chi connectivity index (χ0v) is 27.2. The number of ether oxygens (including phenoxy) is 2. The van der Waals surface area contributed by atoms with Crippen LogP contribution < -0.4 is 0 Å². The molecule has 3 atom stereocenters. The fraction of sp³-hybridized carbons (Fsp3) is 0.175. The molecule has 0 spiro atoms. The lowest BCUT2D eigenvalue weighted by Crippen LogP contribution is -2.31. The summed E-state index contributed by atoms with van der Waals surface area (Å²) in [4.78, 5) is 39.5. The largest absolute Gasteiger partial charge is 0.478 e. The van der Waals surface area contributed by atoms with E-state index in [-0.39, 0.29) is 42.7 Å². The lowest BCUT2D eigenvalue weighted by atomic mass is 9.99. The van der Waals surface area contributed by atoms with Gasteiger partial charge >= 0.3 is 5.97 Å². The fourth-order valence-corrected chi connectivity index (χ4v) is 7.11. The molecule has 49 heavy (non-hydrogen) atoms. The molecule has 9 heteroatoms. The van der Waals surface area contributed by atoms with Crippen molar-refractivity contribution in [3.8, 4) is 11.1 Å². The van der Waals surface area contributed by atoms with Gasteiger partial charge in [0.15, 0.2) is 6.29 Å². The maximum atomic E-state index is 13.0. The van der Waals surface area contributed by atoms with E-state index in [1.54, 1.807) is 48.2 Å². The zero-order chi connectivity index (χ0) is 33.9. The number of hydrogen-bond acceptors (Lipinski definition) is 7. The van der Waals surface area contributed by atoms with Gasteiger partial charge in [-0.05, 0) is 76.3 Å². The molecule has 0 saturated carbocycles. The average molecular weight is 672 g/mol. The molecule has 246 valence electrons. The highest BCUT2D eigenvalue weighted by molar-refractivity contribution is 7.99. The predicted molar refractivity (Wildman–Crippen MR) is 185 cm³/mol. The first kappa shape index (κ1) is 32.5. The molecule has 8 nitrogen and oxygen atoms in total. The Morgan fingerprint density at radius 2 is 1.41 bits per heavy atom. The zero-order valence-electron chi connectivity index (χ0n) is 26.4. The van der Waals surface area contributed by atoms with Gasteiger partial charge in [-0.25, -0.2) is 4.79 Å². The Labute approximate surface area is 287 Å². The number of carbonyl (C=O) groups excluding carboxylic acids is 2. The van der Waals surface area contributed by atoms with Gasteiger partial charge in [0.2, 0.25) is 0 Å². The number of fused-ring (bicyclic) bond motifs is 1. The number of carboxylic acid groups (broad SMARTS) is 1. The molecule has 0 radical (unpaired) electrons. The van der Waals surface area contributed by atoms with Crippen LogP contribution in [0, 0.1) is 0 Å². The number of aromatic carboxylic acids is 1. The number of aliphatic hydroxyl groups is 1. The van der Waals surface area contributed by atoms with Gasteiger partial charge in [0.25, 0.3) is 11.8 Å². The van der Waals surface area contributed by atoms with E-state index >= 15 is 0 Å². The second kappa shape index (κ2) is 14.2. The third kappa shape index (κ3) is 7.06. The van der Waals surface area contributed by atoms with Crippen LogP contribution in [0.3, 0.4) is 0 Å². The van der Waals surface area contributed by atoms with Crippen LogP contribution in [0.1, 0.15) is 72.1 Å². The topological polar surface area (TPSA) is 113 Å². The van der Waals surface area contributed by atoms with E-state index in [4.69, 9.17) is 9.47 Å². The minimum atomic E-state index is -0.959. The highest BCUT2D eigenvalue weighted by atomic mass is 32.2. The number of thioether (sulfide) groups is 1. The molecule has 5 aromatic carbocycles. The number of imide groups is 1. The van der Waals surface area contributed by atoms with Gasteiger partial charge in [-0.1, -0.05) is 72.8 Å². The van der Waals surface area contributed by atoms with Gasteiger partial charge in [0.05, 0.1) is 42.0 Å². The molecule has 0 bridgehead atoms. The number of nitrogens with zero attached hydrogens (tertiary/aromatic N) is 1. The summed E-state index contributed by atoms with van der Waals surface area (Å²) in [6, 6.07) is 37.3. The molecule has 1 fully saturated rings. The first-order chi connectivity index (χ1) is 23.9. The summed E-state index contributed by atoms with van der Waals surface area (Å²) in [6.07, 6.45) is -0.456. The molecular formula is C40H33NO7S. The van der Waals surface area contributed by atoms with Crippen molar-refractivity contribution in [2.75, 3.05) is 5.75 Å². The van der Waals surface area contributed by atoms with Crippen molar-refractivity contribution in [3.63, 3.8) is 0 Å². The summed E-state index contributed by atoms with van der Waals surface area (Å²) in [5, 5.41) is 18.8. The second-order valence-electron chi connectivity index (χ2n) is 12.1. The third-order valence-corrected chi connectivity index (χ3v) is 9.93. The van der Waals surface area contributed by atoms with Crippen LogP contribution in [0.15, 0.2) is 126 Å². The van der Waals surface area contributed by atoms with Crippen LogP contribution in [-0.2, 0) is 22.6 Å². The molecule has 2 heterocycles. The Kier molecular flexibility index (Phi) is 9.41.